The van der Waals surface area contributed by atoms with Gasteiger partial charge in [0.05, 0.1) is 17.8 Å². The van der Waals surface area contributed by atoms with Crippen molar-refractivity contribution in [3.8, 4) is 0 Å². The number of hydrogen-bond acceptors (Lipinski definition) is 3. The van der Waals surface area contributed by atoms with Gasteiger partial charge in [0.1, 0.15) is 18.1 Å². The average molecular weight is 266 g/mol. The maximum Gasteiger partial charge on any atom is 0.229 e. The van der Waals surface area contributed by atoms with Crippen molar-refractivity contribution in [3.05, 3.63) is 36.4 Å². The number of amides is 1. The molecule has 18 heavy (non-hydrogen) atoms. The summed E-state index contributed by atoms with van der Waals surface area (Å²) in [6.07, 6.45) is 3.68. The SMILES string of the molecule is O=C1CC(Cl)CN1c1ccnn1Cc1ccco1. The number of furan rings is 1. The first-order valence-electron chi connectivity index (χ1n) is 5.72. The minimum atomic E-state index is -0.121. The highest BCUT2D eigenvalue weighted by atomic mass is 35.5. The monoisotopic (exact) mass is 265 g/mol. The van der Waals surface area contributed by atoms with Gasteiger partial charge in [-0.2, -0.15) is 5.10 Å². The number of aromatic nitrogens is 2. The standard InChI is InChI=1S/C12H12ClN3O2/c13-9-6-12(17)15(7-9)11-3-4-14-16(11)8-10-2-1-5-18-10/h1-5,9H,6-8H2. The average Bonchev–Trinajstić information content (AvgIpc) is 3.02. The van der Waals surface area contributed by atoms with Gasteiger partial charge >= 0.3 is 0 Å². The first kappa shape index (κ1) is 11.3. The fourth-order valence-corrected chi connectivity index (χ4v) is 2.38. The Balaban J connectivity index is 1.85. The van der Waals surface area contributed by atoms with Gasteiger partial charge in [-0.3, -0.25) is 9.69 Å². The lowest BCUT2D eigenvalue weighted by Crippen LogP contribution is -2.27. The Labute approximate surface area is 109 Å². The predicted molar refractivity (Wildman–Crippen MR) is 66.6 cm³/mol. The minimum Gasteiger partial charge on any atom is -0.467 e. The highest BCUT2D eigenvalue weighted by Crippen LogP contribution is 2.24. The molecule has 1 fully saturated rings. The molecule has 3 heterocycles. The molecule has 1 amide bonds. The molecule has 0 aliphatic carbocycles. The molecule has 1 aliphatic heterocycles. The number of alkyl halides is 1. The second-order valence-electron chi connectivity index (χ2n) is 4.23. The zero-order valence-electron chi connectivity index (χ0n) is 9.62. The Morgan fingerprint density at radius 2 is 2.39 bits per heavy atom. The zero-order chi connectivity index (χ0) is 12.5. The maximum absolute atomic E-state index is 11.8. The van der Waals surface area contributed by atoms with E-state index in [9.17, 15) is 4.79 Å². The van der Waals surface area contributed by atoms with Gasteiger partial charge in [0.25, 0.3) is 0 Å². The highest BCUT2D eigenvalue weighted by molar-refractivity contribution is 6.24. The van der Waals surface area contributed by atoms with E-state index in [1.54, 1.807) is 22.0 Å². The maximum atomic E-state index is 11.8. The second kappa shape index (κ2) is 4.49. The molecule has 94 valence electrons. The molecule has 1 atom stereocenters. The van der Waals surface area contributed by atoms with Gasteiger partial charge < -0.3 is 4.42 Å². The molecular weight excluding hydrogens is 254 g/mol. The fraction of sp³-hybridized carbons (Fsp3) is 0.333. The van der Waals surface area contributed by atoms with Crippen LogP contribution < -0.4 is 4.90 Å². The number of rotatable bonds is 3. The molecular formula is C12H12ClN3O2. The number of halogens is 1. The van der Waals surface area contributed by atoms with Crippen LogP contribution in [-0.2, 0) is 11.3 Å². The van der Waals surface area contributed by atoms with E-state index in [1.807, 2.05) is 18.2 Å². The summed E-state index contributed by atoms with van der Waals surface area (Å²) in [6.45, 7) is 1.04. The second-order valence-corrected chi connectivity index (χ2v) is 4.85. The summed E-state index contributed by atoms with van der Waals surface area (Å²) in [5, 5.41) is 4.09. The molecule has 0 radical (unpaired) electrons. The molecule has 0 saturated carbocycles. The third-order valence-corrected chi connectivity index (χ3v) is 3.23. The van der Waals surface area contributed by atoms with E-state index in [0.717, 1.165) is 11.6 Å². The normalized spacial score (nSPS) is 19.7. The molecule has 1 aliphatic rings. The highest BCUT2D eigenvalue weighted by Gasteiger charge is 2.31. The number of carbonyl (C=O) groups is 1. The van der Waals surface area contributed by atoms with E-state index in [4.69, 9.17) is 16.0 Å². The Bertz CT molecular complexity index is 549. The summed E-state index contributed by atoms with van der Waals surface area (Å²) in [5.74, 6) is 1.60. The molecule has 2 aromatic heterocycles. The zero-order valence-corrected chi connectivity index (χ0v) is 10.4. The lowest BCUT2D eigenvalue weighted by Gasteiger charge is -2.16. The van der Waals surface area contributed by atoms with Crippen molar-refractivity contribution in [2.24, 2.45) is 0 Å². The first-order valence-corrected chi connectivity index (χ1v) is 6.16. The summed E-state index contributed by atoms with van der Waals surface area (Å²) in [7, 11) is 0. The van der Waals surface area contributed by atoms with Crippen LogP contribution in [0.1, 0.15) is 12.2 Å². The van der Waals surface area contributed by atoms with Crippen LogP contribution in [0, 0.1) is 0 Å². The topological polar surface area (TPSA) is 51.3 Å². The van der Waals surface area contributed by atoms with E-state index in [0.29, 0.717) is 19.5 Å². The van der Waals surface area contributed by atoms with Crippen LogP contribution in [-0.4, -0.2) is 27.6 Å². The van der Waals surface area contributed by atoms with Crippen molar-refractivity contribution in [2.75, 3.05) is 11.4 Å². The lowest BCUT2D eigenvalue weighted by molar-refractivity contribution is -0.117. The number of hydrogen-bond donors (Lipinski definition) is 0. The Hall–Kier alpha value is -1.75. The number of nitrogens with zero attached hydrogens (tertiary/aromatic N) is 3. The van der Waals surface area contributed by atoms with Crippen LogP contribution in [0.5, 0.6) is 0 Å². The Morgan fingerprint density at radius 3 is 3.06 bits per heavy atom. The smallest absolute Gasteiger partial charge is 0.229 e. The van der Waals surface area contributed by atoms with E-state index in [1.165, 1.54) is 0 Å². The van der Waals surface area contributed by atoms with Gasteiger partial charge in [-0.25, -0.2) is 4.68 Å². The van der Waals surface area contributed by atoms with Crippen LogP contribution >= 0.6 is 11.6 Å². The number of carbonyl (C=O) groups excluding carboxylic acids is 1. The van der Waals surface area contributed by atoms with Crippen LogP contribution in [0.25, 0.3) is 0 Å². The van der Waals surface area contributed by atoms with E-state index in [2.05, 4.69) is 5.10 Å². The summed E-state index contributed by atoms with van der Waals surface area (Å²) >= 11 is 6.00. The molecule has 6 heteroatoms. The largest absolute Gasteiger partial charge is 0.467 e. The van der Waals surface area contributed by atoms with Gasteiger partial charge in [0.2, 0.25) is 5.91 Å². The van der Waals surface area contributed by atoms with Crippen molar-refractivity contribution in [1.82, 2.24) is 9.78 Å². The van der Waals surface area contributed by atoms with Gasteiger partial charge in [-0.05, 0) is 12.1 Å². The van der Waals surface area contributed by atoms with Gasteiger partial charge in [0.15, 0.2) is 0 Å². The van der Waals surface area contributed by atoms with E-state index < -0.39 is 0 Å². The molecule has 3 rings (SSSR count). The Kier molecular flexibility index (Phi) is 2.83. The molecule has 1 unspecified atom stereocenters. The van der Waals surface area contributed by atoms with Gasteiger partial charge in [-0.1, -0.05) is 0 Å². The van der Waals surface area contributed by atoms with E-state index in [-0.39, 0.29) is 11.3 Å². The van der Waals surface area contributed by atoms with E-state index >= 15 is 0 Å². The van der Waals surface area contributed by atoms with Gasteiger partial charge in [0, 0.05) is 19.0 Å². The van der Waals surface area contributed by atoms with Crippen molar-refractivity contribution < 1.29 is 9.21 Å². The van der Waals surface area contributed by atoms with Crippen molar-refractivity contribution in [3.63, 3.8) is 0 Å². The quantitative estimate of drug-likeness (QED) is 0.796. The summed E-state index contributed by atoms with van der Waals surface area (Å²) in [4.78, 5) is 13.5. The minimum absolute atomic E-state index is 0.0381. The predicted octanol–water partition coefficient (Wildman–Crippen LogP) is 1.87. The third kappa shape index (κ3) is 2.01. The van der Waals surface area contributed by atoms with Crippen LogP contribution in [0.3, 0.4) is 0 Å². The van der Waals surface area contributed by atoms with Crippen molar-refractivity contribution >= 4 is 23.3 Å². The molecule has 0 aromatic carbocycles. The van der Waals surface area contributed by atoms with Gasteiger partial charge in [-0.15, -0.1) is 11.6 Å². The van der Waals surface area contributed by atoms with Crippen molar-refractivity contribution in [1.29, 1.82) is 0 Å². The molecule has 0 bridgehead atoms. The number of anilines is 1. The molecule has 5 nitrogen and oxygen atoms in total. The third-order valence-electron chi connectivity index (χ3n) is 2.93. The lowest BCUT2D eigenvalue weighted by atomic mass is 10.4. The first-order chi connectivity index (χ1) is 8.74. The molecule has 2 aromatic rings. The van der Waals surface area contributed by atoms with Crippen molar-refractivity contribution in [2.45, 2.75) is 18.3 Å². The molecule has 0 spiro atoms. The van der Waals surface area contributed by atoms with Crippen LogP contribution in [0.2, 0.25) is 0 Å². The summed E-state index contributed by atoms with van der Waals surface area (Å²) < 4.78 is 7.02. The summed E-state index contributed by atoms with van der Waals surface area (Å²) in [6, 6.07) is 5.52. The molecule has 0 N–H and O–H groups in total. The fourth-order valence-electron chi connectivity index (χ4n) is 2.11. The van der Waals surface area contributed by atoms with Crippen LogP contribution in [0.15, 0.2) is 35.1 Å². The Morgan fingerprint density at radius 1 is 1.50 bits per heavy atom. The summed E-state index contributed by atoms with van der Waals surface area (Å²) in [5.41, 5.74) is 0. The molecule has 1 saturated heterocycles. The van der Waals surface area contributed by atoms with Crippen LogP contribution in [0.4, 0.5) is 5.82 Å².